The highest BCUT2D eigenvalue weighted by Gasteiger charge is 2.08. The lowest BCUT2D eigenvalue weighted by Gasteiger charge is -1.98. The van der Waals surface area contributed by atoms with Gasteiger partial charge in [-0.15, -0.1) is 0 Å². The second-order valence-electron chi connectivity index (χ2n) is 3.94. The van der Waals surface area contributed by atoms with Gasteiger partial charge in [0.05, 0.1) is 5.69 Å². The van der Waals surface area contributed by atoms with Crippen LogP contribution in [0.1, 0.15) is 22.5 Å². The molecule has 2 heteroatoms. The maximum atomic E-state index is 4.52. The quantitative estimate of drug-likeness (QED) is 0.728. The molecule has 78 valence electrons. The fraction of sp³-hybridized carbons (Fsp3) is 0.308. The van der Waals surface area contributed by atoms with Crippen molar-refractivity contribution in [2.24, 2.45) is 7.05 Å². The molecule has 0 saturated heterocycles. The van der Waals surface area contributed by atoms with E-state index in [2.05, 4.69) is 43.2 Å². The van der Waals surface area contributed by atoms with Crippen molar-refractivity contribution in [2.75, 3.05) is 0 Å². The highest BCUT2D eigenvalue weighted by molar-refractivity contribution is 5.29. The van der Waals surface area contributed by atoms with Crippen LogP contribution in [0.4, 0.5) is 0 Å². The van der Waals surface area contributed by atoms with Crippen molar-refractivity contribution in [3.05, 3.63) is 52.8 Å². The molecule has 1 heterocycles. The number of nitrogens with zero attached hydrogens (tertiary/aromatic N) is 2. The van der Waals surface area contributed by atoms with Gasteiger partial charge in [0.25, 0.3) is 0 Å². The molecule has 0 unspecified atom stereocenters. The number of hydrogen-bond donors (Lipinski definition) is 0. The van der Waals surface area contributed by atoms with Crippen LogP contribution in [0, 0.1) is 13.8 Å². The topological polar surface area (TPSA) is 17.8 Å². The average Bonchev–Trinajstić information content (AvgIpc) is 2.48. The summed E-state index contributed by atoms with van der Waals surface area (Å²) in [4.78, 5) is 0. The molecule has 15 heavy (non-hydrogen) atoms. The van der Waals surface area contributed by atoms with Crippen LogP contribution in [0.15, 0.2) is 30.3 Å². The lowest BCUT2D eigenvalue weighted by molar-refractivity contribution is 0.725. The van der Waals surface area contributed by atoms with E-state index < -0.39 is 0 Å². The first kappa shape index (κ1) is 9.97. The Balaban J connectivity index is 2.29. The van der Waals surface area contributed by atoms with Gasteiger partial charge in [0.1, 0.15) is 0 Å². The van der Waals surface area contributed by atoms with E-state index in [1.165, 1.54) is 22.5 Å². The zero-order chi connectivity index (χ0) is 10.8. The third-order valence-corrected chi connectivity index (χ3v) is 2.95. The lowest BCUT2D eigenvalue weighted by atomic mass is 10.1. The smallest absolute Gasteiger partial charge is 0.0700 e. The van der Waals surface area contributed by atoms with Crippen molar-refractivity contribution in [2.45, 2.75) is 20.3 Å². The monoisotopic (exact) mass is 200 g/mol. The Morgan fingerprint density at radius 1 is 1.13 bits per heavy atom. The summed E-state index contributed by atoms with van der Waals surface area (Å²) in [6.07, 6.45) is 0.925. The van der Waals surface area contributed by atoms with Gasteiger partial charge in [0, 0.05) is 19.2 Å². The summed E-state index contributed by atoms with van der Waals surface area (Å²) < 4.78 is 1.95. The first-order valence-corrected chi connectivity index (χ1v) is 5.21. The third kappa shape index (κ3) is 1.94. The van der Waals surface area contributed by atoms with Gasteiger partial charge >= 0.3 is 0 Å². The zero-order valence-corrected chi connectivity index (χ0v) is 9.49. The van der Waals surface area contributed by atoms with Crippen molar-refractivity contribution in [1.82, 2.24) is 9.78 Å². The Labute approximate surface area is 90.6 Å². The number of hydrogen-bond acceptors (Lipinski definition) is 1. The molecule has 0 spiro atoms. The lowest BCUT2D eigenvalue weighted by Crippen LogP contribution is -1.94. The molecule has 0 radical (unpaired) electrons. The average molecular weight is 200 g/mol. The van der Waals surface area contributed by atoms with E-state index >= 15 is 0 Å². The van der Waals surface area contributed by atoms with Crippen LogP contribution in [0.25, 0.3) is 0 Å². The largest absolute Gasteiger partial charge is 0.272 e. The molecule has 0 amide bonds. The van der Waals surface area contributed by atoms with Crippen LogP contribution < -0.4 is 0 Å². The standard InChI is InChI=1S/C13H16N2/c1-10-11(2)15(3)14-13(10)9-12-7-5-4-6-8-12/h4-8H,9H2,1-3H3. The van der Waals surface area contributed by atoms with Crippen molar-refractivity contribution in [1.29, 1.82) is 0 Å². The fourth-order valence-corrected chi connectivity index (χ4v) is 1.74. The second-order valence-corrected chi connectivity index (χ2v) is 3.94. The van der Waals surface area contributed by atoms with Crippen molar-refractivity contribution in [3.8, 4) is 0 Å². The van der Waals surface area contributed by atoms with E-state index in [-0.39, 0.29) is 0 Å². The van der Waals surface area contributed by atoms with Crippen LogP contribution in [0.3, 0.4) is 0 Å². The molecule has 2 nitrogen and oxygen atoms in total. The first-order chi connectivity index (χ1) is 7.18. The SMILES string of the molecule is Cc1c(Cc2ccccc2)nn(C)c1C. The molecule has 0 aliphatic rings. The predicted octanol–water partition coefficient (Wildman–Crippen LogP) is 2.63. The van der Waals surface area contributed by atoms with Crippen molar-refractivity contribution in [3.63, 3.8) is 0 Å². The molecular weight excluding hydrogens is 184 g/mol. The molecule has 0 fully saturated rings. The summed E-state index contributed by atoms with van der Waals surface area (Å²) in [6, 6.07) is 10.5. The summed E-state index contributed by atoms with van der Waals surface area (Å²) >= 11 is 0. The minimum absolute atomic E-state index is 0.925. The Morgan fingerprint density at radius 2 is 1.80 bits per heavy atom. The van der Waals surface area contributed by atoms with Crippen LogP contribution >= 0.6 is 0 Å². The maximum absolute atomic E-state index is 4.52. The molecule has 0 saturated carbocycles. The molecule has 0 bridgehead atoms. The van der Waals surface area contributed by atoms with Gasteiger partial charge in [-0.05, 0) is 25.0 Å². The molecule has 0 atom stereocenters. The van der Waals surface area contributed by atoms with Crippen molar-refractivity contribution >= 4 is 0 Å². The number of benzene rings is 1. The van der Waals surface area contributed by atoms with Crippen LogP contribution in [0.2, 0.25) is 0 Å². The third-order valence-electron chi connectivity index (χ3n) is 2.95. The van der Waals surface area contributed by atoms with Gasteiger partial charge in [-0.3, -0.25) is 4.68 Å². The van der Waals surface area contributed by atoms with Crippen molar-refractivity contribution < 1.29 is 0 Å². The minimum Gasteiger partial charge on any atom is -0.272 e. The van der Waals surface area contributed by atoms with Gasteiger partial charge in [-0.25, -0.2) is 0 Å². The highest BCUT2D eigenvalue weighted by Crippen LogP contribution is 2.15. The molecule has 2 rings (SSSR count). The fourth-order valence-electron chi connectivity index (χ4n) is 1.74. The van der Waals surface area contributed by atoms with E-state index in [0.717, 1.165) is 6.42 Å². The molecule has 0 aliphatic carbocycles. The summed E-state index contributed by atoms with van der Waals surface area (Å²) in [5, 5.41) is 4.52. The van der Waals surface area contributed by atoms with E-state index in [1.807, 2.05) is 17.8 Å². The molecule has 1 aromatic carbocycles. The molecular formula is C13H16N2. The van der Waals surface area contributed by atoms with Gasteiger partial charge < -0.3 is 0 Å². The summed E-state index contributed by atoms with van der Waals surface area (Å²) in [7, 11) is 2.00. The number of aryl methyl sites for hydroxylation is 1. The van der Waals surface area contributed by atoms with E-state index in [4.69, 9.17) is 0 Å². The normalized spacial score (nSPS) is 10.6. The van der Waals surface area contributed by atoms with E-state index in [1.54, 1.807) is 0 Å². The summed E-state index contributed by atoms with van der Waals surface area (Å²) in [5.74, 6) is 0. The zero-order valence-electron chi connectivity index (χ0n) is 9.49. The molecule has 0 N–H and O–H groups in total. The molecule has 0 aliphatic heterocycles. The van der Waals surface area contributed by atoms with Crippen LogP contribution in [0.5, 0.6) is 0 Å². The summed E-state index contributed by atoms with van der Waals surface area (Å²) in [5.41, 5.74) is 5.06. The van der Waals surface area contributed by atoms with E-state index in [9.17, 15) is 0 Å². The van der Waals surface area contributed by atoms with E-state index in [0.29, 0.717) is 0 Å². The Hall–Kier alpha value is -1.57. The molecule has 2 aromatic rings. The van der Waals surface area contributed by atoms with Gasteiger partial charge in [0.2, 0.25) is 0 Å². The number of rotatable bonds is 2. The van der Waals surface area contributed by atoms with Gasteiger partial charge in [-0.1, -0.05) is 30.3 Å². The minimum atomic E-state index is 0.925. The Kier molecular flexibility index (Phi) is 2.58. The van der Waals surface area contributed by atoms with Gasteiger partial charge in [-0.2, -0.15) is 5.10 Å². The first-order valence-electron chi connectivity index (χ1n) is 5.21. The highest BCUT2D eigenvalue weighted by atomic mass is 15.3. The van der Waals surface area contributed by atoms with Crippen LogP contribution in [-0.4, -0.2) is 9.78 Å². The Morgan fingerprint density at radius 3 is 2.33 bits per heavy atom. The molecule has 1 aromatic heterocycles. The van der Waals surface area contributed by atoms with Crippen LogP contribution in [-0.2, 0) is 13.5 Å². The predicted molar refractivity (Wildman–Crippen MR) is 61.9 cm³/mol. The second kappa shape index (κ2) is 3.89. The Bertz CT molecular complexity index is 455. The summed E-state index contributed by atoms with van der Waals surface area (Å²) in [6.45, 7) is 4.25. The maximum Gasteiger partial charge on any atom is 0.0700 e. The van der Waals surface area contributed by atoms with Gasteiger partial charge in [0.15, 0.2) is 0 Å². The number of aromatic nitrogens is 2.